The van der Waals surface area contributed by atoms with Gasteiger partial charge in [-0.3, -0.25) is 9.69 Å². The Labute approximate surface area is 127 Å². The molecule has 1 atom stereocenters. The van der Waals surface area contributed by atoms with E-state index in [4.69, 9.17) is 4.74 Å². The van der Waals surface area contributed by atoms with E-state index in [9.17, 15) is 4.79 Å². The Kier molecular flexibility index (Phi) is 6.70. The van der Waals surface area contributed by atoms with Crippen LogP contribution in [-0.4, -0.2) is 43.7 Å². The molecule has 1 heterocycles. The molecule has 4 heteroatoms. The van der Waals surface area contributed by atoms with Crippen LogP contribution in [0.4, 0.5) is 0 Å². The van der Waals surface area contributed by atoms with E-state index in [-0.39, 0.29) is 11.9 Å². The third-order valence-corrected chi connectivity index (χ3v) is 3.92. The first-order valence-corrected chi connectivity index (χ1v) is 7.94. The number of nitrogens with zero attached hydrogens (tertiary/aromatic N) is 1. The van der Waals surface area contributed by atoms with Crippen molar-refractivity contribution in [2.75, 3.05) is 32.8 Å². The van der Waals surface area contributed by atoms with Gasteiger partial charge in [-0.25, -0.2) is 0 Å². The van der Waals surface area contributed by atoms with Crippen LogP contribution in [-0.2, 0) is 9.53 Å². The van der Waals surface area contributed by atoms with Crippen LogP contribution in [0.2, 0.25) is 0 Å². The highest BCUT2D eigenvalue weighted by molar-refractivity contribution is 5.75. The molecule has 1 fully saturated rings. The number of hydrogen-bond donors (Lipinski definition) is 1. The van der Waals surface area contributed by atoms with Crippen LogP contribution >= 0.6 is 0 Å². The van der Waals surface area contributed by atoms with E-state index in [2.05, 4.69) is 41.4 Å². The summed E-state index contributed by atoms with van der Waals surface area (Å²) in [7, 11) is 0. The zero-order valence-electron chi connectivity index (χ0n) is 12.9. The lowest BCUT2D eigenvalue weighted by atomic mass is 10.0. The Morgan fingerprint density at radius 3 is 2.67 bits per heavy atom. The number of carbonyl (C=O) groups excluding carboxylic acids is 1. The van der Waals surface area contributed by atoms with Gasteiger partial charge in [0, 0.05) is 26.1 Å². The van der Waals surface area contributed by atoms with Crippen molar-refractivity contribution in [2.45, 2.75) is 32.2 Å². The number of benzene rings is 1. The summed E-state index contributed by atoms with van der Waals surface area (Å²) >= 11 is 0. The first kappa shape index (κ1) is 16.0. The molecule has 0 spiro atoms. The van der Waals surface area contributed by atoms with Gasteiger partial charge in [0.15, 0.2) is 0 Å². The Hall–Kier alpha value is -1.39. The van der Waals surface area contributed by atoms with Crippen LogP contribution in [0, 0.1) is 0 Å². The monoisotopic (exact) mass is 290 g/mol. The molecular weight excluding hydrogens is 264 g/mol. The highest BCUT2D eigenvalue weighted by Crippen LogP contribution is 2.21. The Morgan fingerprint density at radius 2 is 2.00 bits per heavy atom. The summed E-state index contributed by atoms with van der Waals surface area (Å²) in [5, 5.41) is 3.09. The molecule has 1 N–H and O–H groups in total. The summed E-state index contributed by atoms with van der Waals surface area (Å²) in [5.41, 5.74) is 1.26. The predicted molar refractivity (Wildman–Crippen MR) is 84.1 cm³/mol. The Bertz CT molecular complexity index is 416. The van der Waals surface area contributed by atoms with Crippen molar-refractivity contribution in [1.29, 1.82) is 0 Å². The van der Waals surface area contributed by atoms with E-state index < -0.39 is 0 Å². The topological polar surface area (TPSA) is 41.6 Å². The number of unbranched alkanes of at least 4 members (excludes halogenated alkanes) is 1. The minimum absolute atomic E-state index is 0.158. The second-order valence-corrected chi connectivity index (χ2v) is 5.48. The van der Waals surface area contributed by atoms with Crippen molar-refractivity contribution in [1.82, 2.24) is 10.2 Å². The van der Waals surface area contributed by atoms with Crippen molar-refractivity contribution in [3.05, 3.63) is 35.9 Å². The molecule has 1 saturated heterocycles. The third kappa shape index (κ3) is 5.14. The predicted octanol–water partition coefficient (Wildman–Crippen LogP) is 2.37. The fraction of sp³-hybridized carbons (Fsp3) is 0.588. The summed E-state index contributed by atoms with van der Waals surface area (Å²) in [4.78, 5) is 14.3. The SMILES string of the molecule is CCCCC(=O)NCC(c1ccccc1)N1CCOCC1. The average Bonchev–Trinajstić information content (AvgIpc) is 2.55. The summed E-state index contributed by atoms with van der Waals surface area (Å²) in [6.45, 7) is 6.16. The molecule has 1 aromatic carbocycles. The zero-order valence-corrected chi connectivity index (χ0v) is 12.9. The molecule has 1 aromatic rings. The van der Waals surface area contributed by atoms with E-state index in [1.54, 1.807) is 0 Å². The van der Waals surface area contributed by atoms with Crippen molar-refractivity contribution in [3.63, 3.8) is 0 Å². The molecule has 116 valence electrons. The fourth-order valence-electron chi connectivity index (χ4n) is 2.66. The normalized spacial score (nSPS) is 17.4. The maximum Gasteiger partial charge on any atom is 0.220 e. The Morgan fingerprint density at radius 1 is 1.29 bits per heavy atom. The number of carbonyl (C=O) groups is 1. The van der Waals surface area contributed by atoms with Gasteiger partial charge in [0.1, 0.15) is 0 Å². The van der Waals surface area contributed by atoms with Crippen LogP contribution in [0.1, 0.15) is 37.8 Å². The fourth-order valence-corrected chi connectivity index (χ4v) is 2.66. The van der Waals surface area contributed by atoms with Gasteiger partial charge < -0.3 is 10.1 Å². The lowest BCUT2D eigenvalue weighted by Crippen LogP contribution is -2.43. The van der Waals surface area contributed by atoms with E-state index in [1.165, 1.54) is 5.56 Å². The molecule has 0 saturated carbocycles. The van der Waals surface area contributed by atoms with Crippen LogP contribution < -0.4 is 5.32 Å². The first-order valence-electron chi connectivity index (χ1n) is 7.94. The molecule has 1 amide bonds. The average molecular weight is 290 g/mol. The Balaban J connectivity index is 1.97. The van der Waals surface area contributed by atoms with Crippen LogP contribution in [0.5, 0.6) is 0 Å². The van der Waals surface area contributed by atoms with Crippen LogP contribution in [0.25, 0.3) is 0 Å². The maximum atomic E-state index is 11.9. The lowest BCUT2D eigenvalue weighted by molar-refractivity contribution is -0.121. The summed E-state index contributed by atoms with van der Waals surface area (Å²) < 4.78 is 5.44. The number of amides is 1. The molecular formula is C17H26N2O2. The van der Waals surface area contributed by atoms with E-state index >= 15 is 0 Å². The molecule has 1 unspecified atom stereocenters. The number of nitrogens with one attached hydrogen (secondary N) is 1. The molecule has 0 aliphatic carbocycles. The molecule has 1 aliphatic heterocycles. The minimum atomic E-state index is 0.158. The van der Waals surface area contributed by atoms with E-state index in [0.29, 0.717) is 13.0 Å². The van der Waals surface area contributed by atoms with Gasteiger partial charge in [-0.1, -0.05) is 43.7 Å². The standard InChI is InChI=1S/C17H26N2O2/c1-2-3-9-17(20)18-14-16(15-7-5-4-6-8-15)19-10-12-21-13-11-19/h4-8,16H,2-3,9-14H2,1H3,(H,18,20). The third-order valence-electron chi connectivity index (χ3n) is 3.92. The van der Waals surface area contributed by atoms with Crippen molar-refractivity contribution in [3.8, 4) is 0 Å². The van der Waals surface area contributed by atoms with Gasteiger partial charge >= 0.3 is 0 Å². The smallest absolute Gasteiger partial charge is 0.220 e. The highest BCUT2D eigenvalue weighted by atomic mass is 16.5. The molecule has 0 aromatic heterocycles. The zero-order chi connectivity index (χ0) is 14.9. The van der Waals surface area contributed by atoms with Crippen LogP contribution in [0.3, 0.4) is 0 Å². The van der Waals surface area contributed by atoms with Gasteiger partial charge in [0.2, 0.25) is 5.91 Å². The van der Waals surface area contributed by atoms with E-state index in [0.717, 1.165) is 39.1 Å². The van der Waals surface area contributed by atoms with Crippen molar-refractivity contribution < 1.29 is 9.53 Å². The van der Waals surface area contributed by atoms with Crippen LogP contribution in [0.15, 0.2) is 30.3 Å². The first-order chi connectivity index (χ1) is 10.3. The summed E-state index contributed by atoms with van der Waals surface area (Å²) in [6, 6.07) is 10.7. The lowest BCUT2D eigenvalue weighted by Gasteiger charge is -2.35. The van der Waals surface area contributed by atoms with Crippen molar-refractivity contribution in [2.24, 2.45) is 0 Å². The van der Waals surface area contributed by atoms with Gasteiger partial charge in [-0.15, -0.1) is 0 Å². The quantitative estimate of drug-likeness (QED) is 0.838. The number of ether oxygens (including phenoxy) is 1. The van der Waals surface area contributed by atoms with Gasteiger partial charge in [0.25, 0.3) is 0 Å². The molecule has 0 radical (unpaired) electrons. The second kappa shape index (κ2) is 8.80. The molecule has 2 rings (SSSR count). The molecule has 1 aliphatic rings. The largest absolute Gasteiger partial charge is 0.379 e. The van der Waals surface area contributed by atoms with E-state index in [1.807, 2.05) is 6.07 Å². The number of morpholine rings is 1. The second-order valence-electron chi connectivity index (χ2n) is 5.48. The highest BCUT2D eigenvalue weighted by Gasteiger charge is 2.22. The van der Waals surface area contributed by atoms with Gasteiger partial charge in [0.05, 0.1) is 19.3 Å². The molecule has 21 heavy (non-hydrogen) atoms. The molecule has 0 bridgehead atoms. The minimum Gasteiger partial charge on any atom is -0.379 e. The summed E-state index contributed by atoms with van der Waals surface area (Å²) in [6.07, 6.45) is 2.64. The molecule has 4 nitrogen and oxygen atoms in total. The van der Waals surface area contributed by atoms with Crippen molar-refractivity contribution >= 4 is 5.91 Å². The number of rotatable bonds is 7. The number of hydrogen-bond acceptors (Lipinski definition) is 3. The van der Waals surface area contributed by atoms with Gasteiger partial charge in [-0.2, -0.15) is 0 Å². The summed E-state index contributed by atoms with van der Waals surface area (Å²) in [5.74, 6) is 0.158. The van der Waals surface area contributed by atoms with Gasteiger partial charge in [-0.05, 0) is 12.0 Å². The maximum absolute atomic E-state index is 11.9.